The molecular formula is C35H38O4. The maximum absolute atomic E-state index is 9.00. The lowest BCUT2D eigenvalue weighted by Gasteiger charge is -2.08. The number of carbonyl (C=O) groups is 1. The summed E-state index contributed by atoms with van der Waals surface area (Å²) in [6.45, 7) is 2.37. The number of benzene rings is 4. The SMILES string of the molecule is C.C1=Cc2ccc(OCc3ccccc3)cc2C1.CC(=O)O.c1ccc(COc2ccc3c(c2)CCC3)cc1. The van der Waals surface area contributed by atoms with Gasteiger partial charge in [0.2, 0.25) is 0 Å². The molecule has 0 saturated heterocycles. The molecule has 39 heavy (non-hydrogen) atoms. The highest BCUT2D eigenvalue weighted by Crippen LogP contribution is 2.27. The maximum Gasteiger partial charge on any atom is 0.300 e. The Bertz CT molecular complexity index is 1290. The van der Waals surface area contributed by atoms with Crippen molar-refractivity contribution in [3.8, 4) is 11.5 Å². The van der Waals surface area contributed by atoms with Gasteiger partial charge in [0.25, 0.3) is 5.97 Å². The lowest BCUT2D eigenvalue weighted by molar-refractivity contribution is -0.134. The van der Waals surface area contributed by atoms with Crippen molar-refractivity contribution in [2.45, 2.75) is 53.2 Å². The predicted molar refractivity (Wildman–Crippen MR) is 159 cm³/mol. The lowest BCUT2D eigenvalue weighted by atomic mass is 10.1. The minimum atomic E-state index is -0.833. The molecule has 0 aromatic heterocycles. The van der Waals surface area contributed by atoms with Crippen LogP contribution < -0.4 is 9.47 Å². The highest BCUT2D eigenvalue weighted by atomic mass is 16.5. The molecule has 0 atom stereocenters. The third-order valence-corrected chi connectivity index (χ3v) is 6.32. The van der Waals surface area contributed by atoms with E-state index in [0.29, 0.717) is 13.2 Å². The zero-order valence-corrected chi connectivity index (χ0v) is 21.8. The van der Waals surface area contributed by atoms with E-state index < -0.39 is 5.97 Å². The number of hydrogen-bond acceptors (Lipinski definition) is 3. The quantitative estimate of drug-likeness (QED) is 0.277. The summed E-state index contributed by atoms with van der Waals surface area (Å²) in [7, 11) is 0. The number of ether oxygens (including phenoxy) is 2. The molecule has 4 heteroatoms. The first-order valence-electron chi connectivity index (χ1n) is 13.0. The van der Waals surface area contributed by atoms with Gasteiger partial charge in [-0.2, -0.15) is 0 Å². The number of carboxylic acid groups (broad SMARTS) is 1. The van der Waals surface area contributed by atoms with E-state index in [9.17, 15) is 0 Å². The van der Waals surface area contributed by atoms with Crippen molar-refractivity contribution >= 4 is 12.0 Å². The van der Waals surface area contributed by atoms with Gasteiger partial charge in [-0.25, -0.2) is 0 Å². The van der Waals surface area contributed by atoms with Gasteiger partial charge in [-0.1, -0.05) is 92.4 Å². The normalized spacial score (nSPS) is 11.9. The topological polar surface area (TPSA) is 55.8 Å². The predicted octanol–water partition coefficient (Wildman–Crippen LogP) is 8.32. The van der Waals surface area contributed by atoms with E-state index in [1.165, 1.54) is 52.6 Å². The van der Waals surface area contributed by atoms with Gasteiger partial charge in [0.1, 0.15) is 24.7 Å². The Morgan fingerprint density at radius 3 is 1.82 bits per heavy atom. The highest BCUT2D eigenvalue weighted by molar-refractivity contribution is 5.63. The van der Waals surface area contributed by atoms with Gasteiger partial charge < -0.3 is 14.6 Å². The standard InChI is InChI=1S/C16H16O.C16H14O.C2H4O2.CH4/c2*1-2-5-13(6-3-1)12-17-16-10-9-14-7-4-8-15(14)11-16;1-2(3)4;/h1-3,5-6,9-11H,4,7-8,12H2;1-7,9-11H,8,12H2;1H3,(H,3,4);1H4. The number of fused-ring (bicyclic) bond motifs is 2. The third kappa shape index (κ3) is 9.50. The Morgan fingerprint density at radius 2 is 1.23 bits per heavy atom. The number of allylic oxidation sites excluding steroid dienone is 1. The second-order valence-corrected chi connectivity index (χ2v) is 9.32. The molecule has 0 saturated carbocycles. The van der Waals surface area contributed by atoms with Crippen LogP contribution in [0.15, 0.2) is 103 Å². The molecular weight excluding hydrogens is 484 g/mol. The smallest absolute Gasteiger partial charge is 0.300 e. The largest absolute Gasteiger partial charge is 0.489 e. The van der Waals surface area contributed by atoms with Crippen LogP contribution in [0, 0.1) is 0 Å². The van der Waals surface area contributed by atoms with E-state index in [2.05, 4.69) is 66.7 Å². The minimum absolute atomic E-state index is 0. The number of aliphatic carboxylic acids is 1. The van der Waals surface area contributed by atoms with Gasteiger partial charge in [-0.15, -0.1) is 0 Å². The summed E-state index contributed by atoms with van der Waals surface area (Å²) in [5.41, 5.74) is 8.05. The van der Waals surface area contributed by atoms with Crippen LogP contribution in [0.25, 0.3) is 6.08 Å². The van der Waals surface area contributed by atoms with E-state index in [1.807, 2.05) is 42.5 Å². The molecule has 0 bridgehead atoms. The Hall–Kier alpha value is -4.31. The molecule has 0 radical (unpaired) electrons. The number of carboxylic acids is 1. The van der Waals surface area contributed by atoms with Gasteiger partial charge >= 0.3 is 0 Å². The van der Waals surface area contributed by atoms with Crippen molar-refractivity contribution in [2.75, 3.05) is 0 Å². The van der Waals surface area contributed by atoms with Crippen LogP contribution in [-0.2, 0) is 37.3 Å². The van der Waals surface area contributed by atoms with E-state index in [-0.39, 0.29) is 7.43 Å². The Balaban J connectivity index is 0.000000186. The van der Waals surface area contributed by atoms with Gasteiger partial charge in [0.05, 0.1) is 0 Å². The summed E-state index contributed by atoms with van der Waals surface area (Å²) in [5.74, 6) is 1.12. The van der Waals surface area contributed by atoms with Crippen molar-refractivity contribution in [1.29, 1.82) is 0 Å². The van der Waals surface area contributed by atoms with E-state index in [1.54, 1.807) is 0 Å². The Morgan fingerprint density at radius 1 is 0.718 bits per heavy atom. The summed E-state index contributed by atoms with van der Waals surface area (Å²) in [5, 5.41) is 7.42. The first-order chi connectivity index (χ1) is 18.6. The molecule has 6 rings (SSSR count). The molecule has 0 unspecified atom stereocenters. The second kappa shape index (κ2) is 15.2. The molecule has 202 valence electrons. The third-order valence-electron chi connectivity index (χ3n) is 6.32. The minimum Gasteiger partial charge on any atom is -0.489 e. The van der Waals surface area contributed by atoms with Crippen molar-refractivity contribution < 1.29 is 19.4 Å². The van der Waals surface area contributed by atoms with Crippen LogP contribution in [0.2, 0.25) is 0 Å². The van der Waals surface area contributed by atoms with Crippen LogP contribution in [0.1, 0.15) is 54.2 Å². The van der Waals surface area contributed by atoms with Crippen molar-refractivity contribution in [3.05, 3.63) is 137 Å². The molecule has 0 heterocycles. The van der Waals surface area contributed by atoms with Gasteiger partial charge in [-0.3, -0.25) is 4.79 Å². The average Bonchev–Trinajstić information content (AvgIpc) is 3.61. The molecule has 0 aliphatic heterocycles. The van der Waals surface area contributed by atoms with Gasteiger partial charge in [0.15, 0.2) is 0 Å². The molecule has 1 N–H and O–H groups in total. The number of aryl methyl sites for hydroxylation is 2. The monoisotopic (exact) mass is 522 g/mol. The van der Waals surface area contributed by atoms with Crippen LogP contribution in [0.5, 0.6) is 11.5 Å². The summed E-state index contributed by atoms with van der Waals surface area (Å²) < 4.78 is 11.6. The van der Waals surface area contributed by atoms with Crippen molar-refractivity contribution in [3.63, 3.8) is 0 Å². The van der Waals surface area contributed by atoms with Crippen molar-refractivity contribution in [2.24, 2.45) is 0 Å². The van der Waals surface area contributed by atoms with E-state index in [4.69, 9.17) is 19.4 Å². The average molecular weight is 523 g/mol. The maximum atomic E-state index is 9.00. The lowest BCUT2D eigenvalue weighted by Crippen LogP contribution is -1.95. The zero-order valence-electron chi connectivity index (χ0n) is 21.8. The van der Waals surface area contributed by atoms with Crippen LogP contribution in [0.3, 0.4) is 0 Å². The molecule has 0 spiro atoms. The Kier molecular flexibility index (Phi) is 11.4. The van der Waals surface area contributed by atoms with Crippen LogP contribution in [0.4, 0.5) is 0 Å². The molecule has 0 amide bonds. The highest BCUT2D eigenvalue weighted by Gasteiger charge is 2.11. The summed E-state index contributed by atoms with van der Waals surface area (Å²) in [6.07, 6.45) is 9.10. The summed E-state index contributed by atoms with van der Waals surface area (Å²) >= 11 is 0. The molecule has 2 aliphatic carbocycles. The van der Waals surface area contributed by atoms with Gasteiger partial charge in [0, 0.05) is 6.92 Å². The summed E-state index contributed by atoms with van der Waals surface area (Å²) in [4.78, 5) is 9.00. The summed E-state index contributed by atoms with van der Waals surface area (Å²) in [6, 6.07) is 33.3. The first-order valence-corrected chi connectivity index (χ1v) is 13.0. The van der Waals surface area contributed by atoms with Crippen LogP contribution >= 0.6 is 0 Å². The molecule has 4 aromatic carbocycles. The van der Waals surface area contributed by atoms with E-state index in [0.717, 1.165) is 24.8 Å². The first kappa shape index (κ1) is 29.2. The number of rotatable bonds is 6. The zero-order chi connectivity index (χ0) is 26.6. The second-order valence-electron chi connectivity index (χ2n) is 9.32. The molecule has 2 aliphatic rings. The van der Waals surface area contributed by atoms with Gasteiger partial charge in [-0.05, 0) is 83.3 Å². The number of hydrogen-bond donors (Lipinski definition) is 1. The Labute approximate surface area is 232 Å². The fourth-order valence-electron chi connectivity index (χ4n) is 4.44. The molecule has 4 aromatic rings. The fraction of sp³-hybridized carbons (Fsp3) is 0.229. The molecule has 4 nitrogen and oxygen atoms in total. The van der Waals surface area contributed by atoms with Crippen molar-refractivity contribution in [1.82, 2.24) is 0 Å². The molecule has 0 fully saturated rings. The van der Waals surface area contributed by atoms with E-state index >= 15 is 0 Å². The van der Waals surface area contributed by atoms with Crippen LogP contribution in [-0.4, -0.2) is 11.1 Å². The fourth-order valence-corrected chi connectivity index (χ4v) is 4.44.